The zero-order chi connectivity index (χ0) is 7.44. The summed E-state index contributed by atoms with van der Waals surface area (Å²) in [7, 11) is 0. The van der Waals surface area contributed by atoms with Crippen molar-refractivity contribution in [1.82, 2.24) is 0 Å². The van der Waals surface area contributed by atoms with Crippen molar-refractivity contribution in [3.05, 3.63) is 0 Å². The fourth-order valence-corrected chi connectivity index (χ4v) is 0.135. The summed E-state index contributed by atoms with van der Waals surface area (Å²) in [5, 5.41) is 7.75. The molecular weight excluding hydrogens is 130 g/mol. The zero-order valence-electron chi connectivity index (χ0n) is 4.16. The van der Waals surface area contributed by atoms with Gasteiger partial charge in [0.2, 0.25) is 0 Å². The van der Waals surface area contributed by atoms with E-state index in [1.165, 1.54) is 0 Å². The molecule has 3 N–H and O–H groups in total. The molecule has 0 saturated heterocycles. The summed E-state index contributed by atoms with van der Waals surface area (Å²) in [5.74, 6) is -3.53. The quantitative estimate of drug-likeness (QED) is 0.242. The molecule has 50 valence electrons. The molecule has 0 rings (SSSR count). The van der Waals surface area contributed by atoms with Crippen molar-refractivity contribution in [2.24, 2.45) is 5.73 Å². The Kier molecular flexibility index (Phi) is 2.18. The maximum Gasteiger partial charge on any atom is 0.426 e. The van der Waals surface area contributed by atoms with Gasteiger partial charge in [-0.15, -0.1) is 0 Å². The van der Waals surface area contributed by atoms with Crippen molar-refractivity contribution in [1.29, 1.82) is 0 Å². The summed E-state index contributed by atoms with van der Waals surface area (Å²) in [6.07, 6.45) is -1.43. The summed E-state index contributed by atoms with van der Waals surface area (Å²) >= 11 is 0. The molecule has 9 heavy (non-hydrogen) atoms. The number of carboxylic acid groups (broad SMARTS) is 1. The number of esters is 1. The smallest absolute Gasteiger partial charge is 0.426 e. The Morgan fingerprint density at radius 2 is 1.78 bits per heavy atom. The van der Waals surface area contributed by atoms with E-state index in [0.717, 1.165) is 0 Å². The molecule has 0 aromatic rings. The molecule has 6 heteroatoms. The zero-order valence-corrected chi connectivity index (χ0v) is 4.16. The lowest BCUT2D eigenvalue weighted by atomic mass is 10.7. The van der Waals surface area contributed by atoms with Crippen LogP contribution in [0.25, 0.3) is 0 Å². The fourth-order valence-electron chi connectivity index (χ4n) is 0.135. The molecule has 0 atom stereocenters. The van der Waals surface area contributed by atoms with Crippen LogP contribution in [0, 0.1) is 0 Å². The number of hydrogen-bond donors (Lipinski definition) is 2. The minimum atomic E-state index is -1.85. The summed E-state index contributed by atoms with van der Waals surface area (Å²) in [4.78, 5) is 29.0. The van der Waals surface area contributed by atoms with Crippen LogP contribution in [-0.4, -0.2) is 23.1 Å². The fraction of sp³-hybridized carbons (Fsp3) is 0. The maximum atomic E-state index is 9.83. The number of aliphatic carboxylic acids is 1. The van der Waals surface area contributed by atoms with Crippen molar-refractivity contribution < 1.29 is 24.2 Å². The van der Waals surface area contributed by atoms with Crippen molar-refractivity contribution >= 4 is 18.0 Å². The van der Waals surface area contributed by atoms with Gasteiger partial charge in [0.15, 0.2) is 0 Å². The first-order valence-electron chi connectivity index (χ1n) is 1.78. The lowest BCUT2D eigenvalue weighted by molar-refractivity contribution is -0.159. The molecule has 0 aromatic carbocycles. The van der Waals surface area contributed by atoms with Crippen LogP contribution in [0.4, 0.5) is 4.79 Å². The normalized spacial score (nSPS) is 8.00. The van der Waals surface area contributed by atoms with Crippen LogP contribution in [-0.2, 0) is 14.3 Å². The van der Waals surface area contributed by atoms with E-state index in [-0.39, 0.29) is 0 Å². The lowest BCUT2D eigenvalue weighted by Gasteiger charge is -1.89. The standard InChI is InChI=1S/C3H3NO5/c4-3(8)9-2(7)1(5)6/h(H2,4,8)(H,5,6). The maximum absolute atomic E-state index is 9.83. The first-order valence-corrected chi connectivity index (χ1v) is 1.78. The molecule has 1 amide bonds. The van der Waals surface area contributed by atoms with E-state index in [4.69, 9.17) is 5.11 Å². The summed E-state index contributed by atoms with van der Waals surface area (Å²) < 4.78 is 3.41. The highest BCUT2D eigenvalue weighted by Gasteiger charge is 2.14. The molecule has 0 aliphatic carbocycles. The molecule has 6 nitrogen and oxygen atoms in total. The van der Waals surface area contributed by atoms with Crippen LogP contribution in [0.5, 0.6) is 0 Å². The topological polar surface area (TPSA) is 107 Å². The molecule has 0 spiro atoms. The van der Waals surface area contributed by atoms with Crippen LogP contribution in [0.15, 0.2) is 0 Å². The van der Waals surface area contributed by atoms with Gasteiger partial charge in [-0.25, -0.2) is 14.4 Å². The Labute approximate surface area is 49.2 Å². The molecule has 0 aromatic heterocycles. The molecule has 0 saturated carbocycles. The first-order chi connectivity index (χ1) is 4.04. The third kappa shape index (κ3) is 3.03. The minimum absolute atomic E-state index is 1.43. The van der Waals surface area contributed by atoms with Crippen molar-refractivity contribution in [2.75, 3.05) is 0 Å². The van der Waals surface area contributed by atoms with E-state index >= 15 is 0 Å². The van der Waals surface area contributed by atoms with E-state index < -0.39 is 18.0 Å². The lowest BCUT2D eigenvalue weighted by Crippen LogP contribution is -2.24. The number of rotatable bonds is 0. The van der Waals surface area contributed by atoms with E-state index in [9.17, 15) is 14.4 Å². The number of hydrogen-bond acceptors (Lipinski definition) is 4. The molecule has 0 fully saturated rings. The van der Waals surface area contributed by atoms with Crippen LogP contribution >= 0.6 is 0 Å². The number of carboxylic acids is 1. The second-order valence-electron chi connectivity index (χ2n) is 1.01. The summed E-state index contributed by atoms with van der Waals surface area (Å²) in [6, 6.07) is 0. The van der Waals surface area contributed by atoms with Crippen LogP contribution < -0.4 is 5.73 Å². The Bertz CT molecular complexity index is 162. The van der Waals surface area contributed by atoms with Gasteiger partial charge >= 0.3 is 18.0 Å². The molecule has 0 radical (unpaired) electrons. The van der Waals surface area contributed by atoms with Crippen LogP contribution in [0.1, 0.15) is 0 Å². The minimum Gasteiger partial charge on any atom is -0.473 e. The van der Waals surface area contributed by atoms with Gasteiger partial charge in [-0.2, -0.15) is 0 Å². The SMILES string of the molecule is NC(=O)OC(=O)C(=O)O. The second kappa shape index (κ2) is 2.65. The van der Waals surface area contributed by atoms with Gasteiger partial charge in [0, 0.05) is 0 Å². The molecule has 0 aliphatic rings. The number of ether oxygens (including phenoxy) is 1. The molecule has 0 heterocycles. The monoisotopic (exact) mass is 133 g/mol. The van der Waals surface area contributed by atoms with Crippen molar-refractivity contribution in [2.45, 2.75) is 0 Å². The highest BCUT2D eigenvalue weighted by Crippen LogP contribution is 1.75. The Hall–Kier alpha value is -1.59. The molecular formula is C3H3NO5. The van der Waals surface area contributed by atoms with E-state index in [1.54, 1.807) is 0 Å². The number of amides is 1. The Balaban J connectivity index is 3.79. The Morgan fingerprint density at radius 1 is 1.33 bits per heavy atom. The number of carbonyl (C=O) groups excluding carboxylic acids is 2. The largest absolute Gasteiger partial charge is 0.473 e. The number of nitrogens with two attached hydrogens (primary N) is 1. The average Bonchev–Trinajstić information content (AvgIpc) is 1.63. The van der Waals surface area contributed by atoms with Crippen molar-refractivity contribution in [3.63, 3.8) is 0 Å². The van der Waals surface area contributed by atoms with E-state index in [1.807, 2.05) is 0 Å². The first kappa shape index (κ1) is 7.41. The molecule has 0 unspecified atom stereocenters. The van der Waals surface area contributed by atoms with Gasteiger partial charge in [0.25, 0.3) is 0 Å². The predicted molar refractivity (Wildman–Crippen MR) is 23.3 cm³/mol. The second-order valence-corrected chi connectivity index (χ2v) is 1.01. The van der Waals surface area contributed by atoms with E-state index in [2.05, 4.69) is 10.5 Å². The van der Waals surface area contributed by atoms with Gasteiger partial charge in [-0.1, -0.05) is 0 Å². The van der Waals surface area contributed by atoms with Gasteiger partial charge in [0.1, 0.15) is 0 Å². The average molecular weight is 133 g/mol. The van der Waals surface area contributed by atoms with Gasteiger partial charge in [-0.05, 0) is 0 Å². The highest BCUT2D eigenvalue weighted by molar-refractivity contribution is 6.30. The van der Waals surface area contributed by atoms with Crippen LogP contribution in [0.3, 0.4) is 0 Å². The highest BCUT2D eigenvalue weighted by atomic mass is 16.6. The summed E-state index contributed by atoms with van der Waals surface area (Å²) in [6.45, 7) is 0. The predicted octanol–water partition coefficient (Wildman–Crippen LogP) is -1.31. The van der Waals surface area contributed by atoms with Gasteiger partial charge in [-0.3, -0.25) is 0 Å². The third-order valence-electron chi connectivity index (χ3n) is 0.368. The van der Waals surface area contributed by atoms with Gasteiger partial charge < -0.3 is 15.6 Å². The third-order valence-corrected chi connectivity index (χ3v) is 0.368. The van der Waals surface area contributed by atoms with E-state index in [0.29, 0.717) is 0 Å². The number of carbonyl (C=O) groups is 3. The molecule has 0 bridgehead atoms. The van der Waals surface area contributed by atoms with Gasteiger partial charge in [0.05, 0.1) is 0 Å². The summed E-state index contributed by atoms with van der Waals surface area (Å²) in [5.41, 5.74) is 4.29. The Morgan fingerprint density at radius 3 is 1.89 bits per heavy atom. The molecule has 0 aliphatic heterocycles. The van der Waals surface area contributed by atoms with Crippen molar-refractivity contribution in [3.8, 4) is 0 Å². The number of primary amides is 1. The van der Waals surface area contributed by atoms with Crippen LogP contribution in [0.2, 0.25) is 0 Å².